The van der Waals surface area contributed by atoms with Gasteiger partial charge in [-0.15, -0.1) is 0 Å². The summed E-state index contributed by atoms with van der Waals surface area (Å²) in [5.41, 5.74) is 4.21. The molecule has 0 radical (unpaired) electrons. The van der Waals surface area contributed by atoms with Crippen LogP contribution in [-0.4, -0.2) is 50.7 Å². The van der Waals surface area contributed by atoms with E-state index in [0.717, 1.165) is 29.3 Å². The molecule has 164 valence electrons. The van der Waals surface area contributed by atoms with Gasteiger partial charge in [0.1, 0.15) is 6.04 Å². The standard InChI is InChI=1S/C24H24N4O4/c1-15-13-16(8-9-21(15)28(31)32)23(29)27-11-4-7-22(27)24(30)26-12-10-20-18(14-26)17-5-2-3-6-19(17)25-20/h2-3,5-6,8-9,13,22,25H,4,7,10-12,14H2,1H3. The zero-order chi connectivity index (χ0) is 22.4. The number of aromatic nitrogens is 1. The predicted octanol–water partition coefficient (Wildman–Crippen LogP) is 3.57. The first kappa shape index (κ1) is 20.2. The van der Waals surface area contributed by atoms with E-state index in [1.807, 2.05) is 23.1 Å². The van der Waals surface area contributed by atoms with E-state index in [4.69, 9.17) is 0 Å². The molecular weight excluding hydrogens is 408 g/mol. The van der Waals surface area contributed by atoms with E-state index in [0.29, 0.717) is 37.2 Å². The third-order valence-corrected chi connectivity index (χ3v) is 6.63. The van der Waals surface area contributed by atoms with Crippen LogP contribution in [0.2, 0.25) is 0 Å². The number of likely N-dealkylation sites (tertiary alicyclic amines) is 1. The van der Waals surface area contributed by atoms with E-state index >= 15 is 0 Å². The van der Waals surface area contributed by atoms with Crippen LogP contribution in [0.15, 0.2) is 42.5 Å². The molecule has 1 unspecified atom stereocenters. The predicted molar refractivity (Wildman–Crippen MR) is 119 cm³/mol. The van der Waals surface area contributed by atoms with Crippen molar-refractivity contribution >= 4 is 28.4 Å². The summed E-state index contributed by atoms with van der Waals surface area (Å²) in [4.78, 5) is 44.2. The number of carbonyl (C=O) groups is 2. The maximum absolute atomic E-state index is 13.5. The van der Waals surface area contributed by atoms with Gasteiger partial charge >= 0.3 is 0 Å². The highest BCUT2D eigenvalue weighted by Crippen LogP contribution is 2.30. The Balaban J connectivity index is 1.36. The molecular formula is C24H24N4O4. The number of fused-ring (bicyclic) bond motifs is 3. The molecule has 32 heavy (non-hydrogen) atoms. The molecule has 8 nitrogen and oxygen atoms in total. The Morgan fingerprint density at radius 2 is 1.97 bits per heavy atom. The first-order valence-electron chi connectivity index (χ1n) is 10.9. The van der Waals surface area contributed by atoms with E-state index in [1.165, 1.54) is 17.8 Å². The van der Waals surface area contributed by atoms with Gasteiger partial charge in [-0.1, -0.05) is 18.2 Å². The maximum atomic E-state index is 13.5. The topological polar surface area (TPSA) is 99.6 Å². The maximum Gasteiger partial charge on any atom is 0.272 e. The normalized spacial score (nSPS) is 18.1. The number of nitro groups is 1. The summed E-state index contributed by atoms with van der Waals surface area (Å²) < 4.78 is 0. The number of H-pyrrole nitrogens is 1. The zero-order valence-electron chi connectivity index (χ0n) is 17.8. The average Bonchev–Trinajstić information content (AvgIpc) is 3.42. The fourth-order valence-corrected chi connectivity index (χ4v) is 4.99. The van der Waals surface area contributed by atoms with E-state index in [9.17, 15) is 19.7 Å². The largest absolute Gasteiger partial charge is 0.358 e. The molecule has 3 aromatic rings. The van der Waals surface area contributed by atoms with Gasteiger partial charge in [0, 0.05) is 65.4 Å². The van der Waals surface area contributed by atoms with E-state index in [1.54, 1.807) is 17.9 Å². The molecule has 0 saturated carbocycles. The molecule has 0 aliphatic carbocycles. The number of nitrogens with zero attached hydrogens (tertiary/aromatic N) is 3. The van der Waals surface area contributed by atoms with Crippen LogP contribution in [0.25, 0.3) is 10.9 Å². The van der Waals surface area contributed by atoms with Gasteiger partial charge in [0.2, 0.25) is 5.91 Å². The van der Waals surface area contributed by atoms with Crippen LogP contribution < -0.4 is 0 Å². The molecule has 2 aromatic carbocycles. The minimum absolute atomic E-state index is 0.0153. The summed E-state index contributed by atoms with van der Waals surface area (Å²) in [5, 5.41) is 12.2. The molecule has 3 heterocycles. The van der Waals surface area contributed by atoms with Crippen LogP contribution in [0.4, 0.5) is 5.69 Å². The number of benzene rings is 2. The van der Waals surface area contributed by atoms with Gasteiger partial charge in [-0.05, 0) is 38.0 Å². The lowest BCUT2D eigenvalue weighted by atomic mass is 10.0. The first-order valence-corrected chi connectivity index (χ1v) is 10.9. The zero-order valence-corrected chi connectivity index (χ0v) is 17.8. The van der Waals surface area contributed by atoms with Gasteiger partial charge in [-0.25, -0.2) is 0 Å². The minimum atomic E-state index is -0.496. The van der Waals surface area contributed by atoms with Crippen LogP contribution in [-0.2, 0) is 17.8 Å². The van der Waals surface area contributed by atoms with Gasteiger partial charge < -0.3 is 14.8 Å². The highest BCUT2D eigenvalue weighted by atomic mass is 16.6. The summed E-state index contributed by atoms with van der Waals surface area (Å²) >= 11 is 0. The molecule has 0 bridgehead atoms. The smallest absolute Gasteiger partial charge is 0.272 e. The Hall–Kier alpha value is -3.68. The van der Waals surface area contributed by atoms with Gasteiger partial charge in [0.25, 0.3) is 11.6 Å². The Labute approximate surface area is 185 Å². The number of hydrogen-bond donors (Lipinski definition) is 1. The van der Waals surface area contributed by atoms with Crippen molar-refractivity contribution in [1.82, 2.24) is 14.8 Å². The van der Waals surface area contributed by atoms with Gasteiger partial charge in [0.15, 0.2) is 0 Å². The number of nitrogens with one attached hydrogen (secondary N) is 1. The van der Waals surface area contributed by atoms with Gasteiger partial charge in [0.05, 0.1) is 4.92 Å². The fraction of sp³-hybridized carbons (Fsp3) is 0.333. The highest BCUT2D eigenvalue weighted by molar-refractivity contribution is 5.98. The van der Waals surface area contributed by atoms with E-state index < -0.39 is 11.0 Å². The van der Waals surface area contributed by atoms with Crippen LogP contribution >= 0.6 is 0 Å². The van der Waals surface area contributed by atoms with Crippen molar-refractivity contribution < 1.29 is 14.5 Å². The van der Waals surface area contributed by atoms with Crippen LogP contribution in [0.5, 0.6) is 0 Å². The minimum Gasteiger partial charge on any atom is -0.358 e. The molecule has 2 aliphatic heterocycles. The summed E-state index contributed by atoms with van der Waals surface area (Å²) in [6, 6.07) is 12.0. The highest BCUT2D eigenvalue weighted by Gasteiger charge is 2.38. The fourth-order valence-electron chi connectivity index (χ4n) is 4.99. The molecule has 1 N–H and O–H groups in total. The third kappa shape index (κ3) is 3.32. The molecule has 1 atom stereocenters. The molecule has 2 aliphatic rings. The number of aromatic amines is 1. The summed E-state index contributed by atoms with van der Waals surface area (Å²) in [5.74, 6) is -0.269. The Kier molecular flexibility index (Phi) is 4.92. The molecule has 1 fully saturated rings. The number of aryl methyl sites for hydroxylation is 1. The number of para-hydroxylation sites is 1. The Bertz CT molecular complexity index is 1250. The molecule has 1 saturated heterocycles. The average molecular weight is 432 g/mol. The number of amides is 2. The number of hydrogen-bond acceptors (Lipinski definition) is 4. The lowest BCUT2D eigenvalue weighted by Gasteiger charge is -2.33. The molecule has 5 rings (SSSR count). The Morgan fingerprint density at radius 1 is 1.16 bits per heavy atom. The molecule has 0 spiro atoms. The van der Waals surface area contributed by atoms with Crippen molar-refractivity contribution in [2.45, 2.75) is 38.8 Å². The van der Waals surface area contributed by atoms with Crippen LogP contribution in [0.1, 0.15) is 40.0 Å². The van der Waals surface area contributed by atoms with E-state index in [-0.39, 0.29) is 17.5 Å². The number of carbonyl (C=O) groups excluding carboxylic acids is 2. The van der Waals surface area contributed by atoms with Gasteiger partial charge in [-0.3, -0.25) is 19.7 Å². The van der Waals surface area contributed by atoms with Crippen LogP contribution in [0, 0.1) is 17.0 Å². The van der Waals surface area contributed by atoms with Crippen molar-refractivity contribution in [1.29, 1.82) is 0 Å². The monoisotopic (exact) mass is 432 g/mol. The summed E-state index contributed by atoms with van der Waals surface area (Å²) in [6.07, 6.45) is 2.16. The summed E-state index contributed by atoms with van der Waals surface area (Å²) in [6.45, 7) is 3.28. The number of rotatable bonds is 3. The van der Waals surface area contributed by atoms with Crippen molar-refractivity contribution in [3.05, 3.63) is 75.0 Å². The third-order valence-electron chi connectivity index (χ3n) is 6.63. The Morgan fingerprint density at radius 3 is 2.75 bits per heavy atom. The summed E-state index contributed by atoms with van der Waals surface area (Å²) in [7, 11) is 0. The van der Waals surface area contributed by atoms with E-state index in [2.05, 4.69) is 11.1 Å². The molecule has 1 aromatic heterocycles. The second-order valence-corrected chi connectivity index (χ2v) is 8.55. The van der Waals surface area contributed by atoms with Crippen molar-refractivity contribution in [2.75, 3.05) is 13.1 Å². The second kappa shape index (κ2) is 7.78. The van der Waals surface area contributed by atoms with Gasteiger partial charge in [-0.2, -0.15) is 0 Å². The lowest BCUT2D eigenvalue weighted by molar-refractivity contribution is -0.385. The molecule has 8 heteroatoms. The van der Waals surface area contributed by atoms with Crippen molar-refractivity contribution in [2.24, 2.45) is 0 Å². The number of nitro benzene ring substituents is 1. The molecule has 2 amide bonds. The van der Waals surface area contributed by atoms with Crippen molar-refractivity contribution in [3.8, 4) is 0 Å². The second-order valence-electron chi connectivity index (χ2n) is 8.55. The van der Waals surface area contributed by atoms with Crippen LogP contribution in [0.3, 0.4) is 0 Å². The first-order chi connectivity index (χ1) is 15.4. The lowest BCUT2D eigenvalue weighted by Crippen LogP contribution is -2.49. The SMILES string of the molecule is Cc1cc(C(=O)N2CCCC2C(=O)N2CCc3[nH]c4ccccc4c3C2)ccc1[N+](=O)[O-]. The quantitative estimate of drug-likeness (QED) is 0.505. The van der Waals surface area contributed by atoms with Crippen molar-refractivity contribution in [3.63, 3.8) is 0 Å².